The lowest BCUT2D eigenvalue weighted by molar-refractivity contribution is -0.134. The Morgan fingerprint density at radius 2 is 1.83 bits per heavy atom. The van der Waals surface area contributed by atoms with Gasteiger partial charge in [0, 0.05) is 48.7 Å². The van der Waals surface area contributed by atoms with Gasteiger partial charge >= 0.3 is 12.1 Å². The number of benzene rings is 2. The van der Waals surface area contributed by atoms with E-state index in [4.69, 9.17) is 0 Å². The van der Waals surface area contributed by atoms with Crippen molar-refractivity contribution in [3.05, 3.63) is 84.1 Å². The van der Waals surface area contributed by atoms with Crippen LogP contribution in [0.3, 0.4) is 0 Å². The molecule has 2 aromatic carbocycles. The number of H-pyrrole nitrogens is 1. The van der Waals surface area contributed by atoms with Crippen molar-refractivity contribution in [2.75, 3.05) is 20.2 Å². The molecule has 9 heteroatoms. The second kappa shape index (κ2) is 12.6. The van der Waals surface area contributed by atoms with Crippen LogP contribution < -0.4 is 16.0 Å². The molecule has 0 bridgehead atoms. The molecule has 0 saturated heterocycles. The van der Waals surface area contributed by atoms with Crippen molar-refractivity contribution in [2.45, 2.75) is 31.3 Å². The standard InChI is InChI=1S/C27H32N4O5/c1-27(31-26(34)35,16-20-17-29-23-12-7-6-11-22(20)23)25(33)30-21(15-19-9-4-3-5-10-19)18-28-14-8-13-24(32)36-2/h3-13,17,21,28-29,31H,14-16,18H2,1-2H3,(H,30,33)(H,34,35)/b13-8+. The first-order valence-electron chi connectivity index (χ1n) is 11.7. The molecule has 2 atom stereocenters. The number of carbonyl (C=O) groups is 3. The van der Waals surface area contributed by atoms with Crippen LogP contribution in [0.2, 0.25) is 0 Å². The Morgan fingerprint density at radius 3 is 2.56 bits per heavy atom. The van der Waals surface area contributed by atoms with Gasteiger partial charge < -0.3 is 30.8 Å². The van der Waals surface area contributed by atoms with Crippen molar-refractivity contribution >= 4 is 28.9 Å². The summed E-state index contributed by atoms with van der Waals surface area (Å²) in [5.41, 5.74) is 1.37. The number of para-hydroxylation sites is 1. The molecule has 3 rings (SSSR count). The summed E-state index contributed by atoms with van der Waals surface area (Å²) in [6, 6.07) is 17.0. The van der Waals surface area contributed by atoms with Crippen molar-refractivity contribution in [3.8, 4) is 0 Å². The Labute approximate surface area is 209 Å². The van der Waals surface area contributed by atoms with Gasteiger partial charge in [0.15, 0.2) is 0 Å². The van der Waals surface area contributed by atoms with Crippen LogP contribution in [0.1, 0.15) is 18.1 Å². The largest absolute Gasteiger partial charge is 0.466 e. The molecule has 2 amide bonds. The van der Waals surface area contributed by atoms with Crippen LogP contribution in [0.25, 0.3) is 10.9 Å². The summed E-state index contributed by atoms with van der Waals surface area (Å²) in [5, 5.41) is 19.1. The van der Waals surface area contributed by atoms with E-state index in [1.165, 1.54) is 13.2 Å². The number of aromatic nitrogens is 1. The summed E-state index contributed by atoms with van der Waals surface area (Å²) in [4.78, 5) is 39.6. The van der Waals surface area contributed by atoms with E-state index < -0.39 is 23.5 Å². The first-order chi connectivity index (χ1) is 17.3. The SMILES string of the molecule is COC(=O)/C=C/CNCC(Cc1ccccc1)NC(=O)C(C)(Cc1c[nH]c2ccccc12)NC(=O)O. The number of methoxy groups -OCH3 is 1. The van der Waals surface area contributed by atoms with E-state index in [2.05, 4.69) is 25.7 Å². The molecular formula is C27H32N4O5. The lowest BCUT2D eigenvalue weighted by Gasteiger charge is -2.31. The number of carbonyl (C=O) groups excluding carboxylic acids is 2. The van der Waals surface area contributed by atoms with E-state index in [9.17, 15) is 19.5 Å². The van der Waals surface area contributed by atoms with Crippen LogP contribution in [-0.4, -0.2) is 59.8 Å². The van der Waals surface area contributed by atoms with Gasteiger partial charge in [-0.05, 0) is 30.5 Å². The van der Waals surface area contributed by atoms with Gasteiger partial charge in [-0.15, -0.1) is 0 Å². The molecule has 0 fully saturated rings. The molecule has 0 aliphatic rings. The van der Waals surface area contributed by atoms with E-state index in [1.54, 1.807) is 19.2 Å². The maximum Gasteiger partial charge on any atom is 0.405 e. The van der Waals surface area contributed by atoms with Crippen LogP contribution in [0, 0.1) is 0 Å². The monoisotopic (exact) mass is 492 g/mol. The smallest absolute Gasteiger partial charge is 0.405 e. The van der Waals surface area contributed by atoms with Gasteiger partial charge in [0.1, 0.15) is 5.54 Å². The number of amides is 2. The summed E-state index contributed by atoms with van der Waals surface area (Å²) in [6.45, 7) is 2.39. The Balaban J connectivity index is 1.76. The fraction of sp³-hybridized carbons (Fsp3) is 0.296. The van der Waals surface area contributed by atoms with Gasteiger partial charge in [-0.1, -0.05) is 54.6 Å². The van der Waals surface area contributed by atoms with E-state index in [0.29, 0.717) is 19.5 Å². The molecule has 1 aromatic heterocycles. The van der Waals surface area contributed by atoms with E-state index in [-0.39, 0.29) is 12.5 Å². The van der Waals surface area contributed by atoms with Gasteiger partial charge in [-0.3, -0.25) is 4.79 Å². The average Bonchev–Trinajstić information content (AvgIpc) is 3.26. The quantitative estimate of drug-likeness (QED) is 0.150. The molecular weight excluding hydrogens is 460 g/mol. The highest BCUT2D eigenvalue weighted by Gasteiger charge is 2.37. The van der Waals surface area contributed by atoms with Crippen molar-refractivity contribution in [1.29, 1.82) is 0 Å². The third-order valence-corrected chi connectivity index (χ3v) is 5.87. The molecule has 9 nitrogen and oxygen atoms in total. The molecule has 0 aliphatic carbocycles. The van der Waals surface area contributed by atoms with Crippen LogP contribution >= 0.6 is 0 Å². The van der Waals surface area contributed by atoms with E-state index >= 15 is 0 Å². The Kier molecular flexibility index (Phi) is 9.24. The molecule has 5 N–H and O–H groups in total. The molecule has 1 heterocycles. The normalized spacial score (nSPS) is 13.7. The number of esters is 1. The molecule has 2 unspecified atom stereocenters. The fourth-order valence-electron chi connectivity index (χ4n) is 4.06. The Morgan fingerprint density at radius 1 is 1.11 bits per heavy atom. The minimum atomic E-state index is -1.41. The van der Waals surface area contributed by atoms with Gasteiger partial charge in [-0.25, -0.2) is 9.59 Å². The maximum absolute atomic E-state index is 13.5. The Bertz CT molecular complexity index is 1210. The van der Waals surface area contributed by atoms with Crippen molar-refractivity contribution in [3.63, 3.8) is 0 Å². The van der Waals surface area contributed by atoms with Crippen LogP contribution in [0.5, 0.6) is 0 Å². The van der Waals surface area contributed by atoms with Crippen LogP contribution in [0.15, 0.2) is 72.9 Å². The summed E-state index contributed by atoms with van der Waals surface area (Å²) < 4.78 is 4.58. The van der Waals surface area contributed by atoms with Gasteiger partial charge in [-0.2, -0.15) is 0 Å². The number of rotatable bonds is 12. The molecule has 0 aliphatic heterocycles. The number of ether oxygens (including phenoxy) is 1. The van der Waals surface area contributed by atoms with Crippen LogP contribution in [0.4, 0.5) is 4.79 Å². The third kappa shape index (κ3) is 7.44. The first kappa shape index (κ1) is 26.5. The molecule has 0 radical (unpaired) electrons. The number of nitrogens with one attached hydrogen (secondary N) is 4. The second-order valence-corrected chi connectivity index (χ2v) is 8.74. The number of fused-ring (bicyclic) bond motifs is 1. The zero-order valence-electron chi connectivity index (χ0n) is 20.4. The Hall–Kier alpha value is -4.11. The number of aromatic amines is 1. The summed E-state index contributed by atoms with van der Waals surface area (Å²) >= 11 is 0. The van der Waals surface area contributed by atoms with Crippen LogP contribution in [-0.2, 0) is 27.2 Å². The van der Waals surface area contributed by atoms with Crippen molar-refractivity contribution in [1.82, 2.24) is 20.9 Å². The molecule has 190 valence electrons. The minimum Gasteiger partial charge on any atom is -0.466 e. The zero-order chi connectivity index (χ0) is 26.0. The predicted octanol–water partition coefficient (Wildman–Crippen LogP) is 2.78. The second-order valence-electron chi connectivity index (χ2n) is 8.74. The predicted molar refractivity (Wildman–Crippen MR) is 138 cm³/mol. The minimum absolute atomic E-state index is 0.169. The summed E-state index contributed by atoms with van der Waals surface area (Å²) in [7, 11) is 1.31. The topological polar surface area (TPSA) is 133 Å². The molecule has 0 saturated carbocycles. The molecule has 0 spiro atoms. The maximum atomic E-state index is 13.5. The zero-order valence-corrected chi connectivity index (χ0v) is 20.4. The van der Waals surface area contributed by atoms with Gasteiger partial charge in [0.25, 0.3) is 0 Å². The lowest BCUT2D eigenvalue weighted by Crippen LogP contribution is -2.60. The summed E-state index contributed by atoms with van der Waals surface area (Å²) in [6.07, 6.45) is 4.20. The highest BCUT2D eigenvalue weighted by atomic mass is 16.5. The highest BCUT2D eigenvalue weighted by Crippen LogP contribution is 2.23. The van der Waals surface area contributed by atoms with Gasteiger partial charge in [0.05, 0.1) is 7.11 Å². The van der Waals surface area contributed by atoms with Gasteiger partial charge in [0.2, 0.25) is 5.91 Å². The molecule has 36 heavy (non-hydrogen) atoms. The van der Waals surface area contributed by atoms with Crippen molar-refractivity contribution in [2.24, 2.45) is 0 Å². The number of hydrogen-bond donors (Lipinski definition) is 5. The van der Waals surface area contributed by atoms with E-state index in [0.717, 1.165) is 22.0 Å². The average molecular weight is 493 g/mol. The summed E-state index contributed by atoms with van der Waals surface area (Å²) in [5.74, 6) is -0.873. The van der Waals surface area contributed by atoms with Crippen molar-refractivity contribution < 1.29 is 24.2 Å². The fourth-order valence-corrected chi connectivity index (χ4v) is 4.06. The first-order valence-corrected chi connectivity index (χ1v) is 11.7. The third-order valence-electron chi connectivity index (χ3n) is 5.87. The molecule has 3 aromatic rings. The van der Waals surface area contributed by atoms with E-state index in [1.807, 2.05) is 54.6 Å². The number of carboxylic acid groups (broad SMARTS) is 1. The highest BCUT2D eigenvalue weighted by molar-refractivity contribution is 5.91. The lowest BCUT2D eigenvalue weighted by atomic mass is 9.91. The number of hydrogen-bond acceptors (Lipinski definition) is 5.